The highest BCUT2D eigenvalue weighted by Crippen LogP contribution is 1.94. The standard InChI is InChI=1S/C9H18N4O/c1-8(6-14-3)4-10-5-9-12-11-7-13(9)2/h7-8,10H,4-6H2,1-3H3. The largest absolute Gasteiger partial charge is 0.384 e. The van der Waals surface area contributed by atoms with Crippen LogP contribution in [0.15, 0.2) is 6.33 Å². The highest BCUT2D eigenvalue weighted by Gasteiger charge is 2.02. The van der Waals surface area contributed by atoms with Crippen LogP contribution in [0.25, 0.3) is 0 Å². The number of hydrogen-bond acceptors (Lipinski definition) is 4. The van der Waals surface area contributed by atoms with Crippen LogP contribution in [0.4, 0.5) is 0 Å². The Morgan fingerprint density at radius 2 is 2.43 bits per heavy atom. The van der Waals surface area contributed by atoms with Crippen LogP contribution >= 0.6 is 0 Å². The molecule has 1 aromatic heterocycles. The van der Waals surface area contributed by atoms with Gasteiger partial charge in [0, 0.05) is 27.3 Å². The van der Waals surface area contributed by atoms with Crippen molar-refractivity contribution in [1.82, 2.24) is 20.1 Å². The molecule has 14 heavy (non-hydrogen) atoms. The number of methoxy groups -OCH3 is 1. The average Bonchev–Trinajstić information content (AvgIpc) is 2.52. The third kappa shape index (κ3) is 3.43. The molecule has 1 N–H and O–H groups in total. The molecule has 1 unspecified atom stereocenters. The third-order valence-electron chi connectivity index (χ3n) is 2.03. The maximum atomic E-state index is 5.04. The van der Waals surface area contributed by atoms with Gasteiger partial charge >= 0.3 is 0 Å². The number of aromatic nitrogens is 3. The quantitative estimate of drug-likeness (QED) is 0.709. The smallest absolute Gasteiger partial charge is 0.146 e. The fourth-order valence-corrected chi connectivity index (χ4v) is 1.24. The van der Waals surface area contributed by atoms with Crippen molar-refractivity contribution in [3.8, 4) is 0 Å². The van der Waals surface area contributed by atoms with Crippen LogP contribution in [0.3, 0.4) is 0 Å². The van der Waals surface area contributed by atoms with Crippen molar-refractivity contribution in [3.05, 3.63) is 12.2 Å². The first-order valence-corrected chi connectivity index (χ1v) is 4.76. The van der Waals surface area contributed by atoms with Gasteiger partial charge in [-0.25, -0.2) is 0 Å². The number of aryl methyl sites for hydroxylation is 1. The molecule has 0 spiro atoms. The highest BCUT2D eigenvalue weighted by atomic mass is 16.5. The maximum absolute atomic E-state index is 5.04. The molecule has 1 heterocycles. The Bertz CT molecular complexity index is 261. The SMILES string of the molecule is COCC(C)CNCc1nncn1C. The topological polar surface area (TPSA) is 52.0 Å². The molecular weight excluding hydrogens is 180 g/mol. The van der Waals surface area contributed by atoms with Gasteiger partial charge in [-0.3, -0.25) is 0 Å². The zero-order chi connectivity index (χ0) is 10.4. The van der Waals surface area contributed by atoms with E-state index in [1.807, 2.05) is 11.6 Å². The molecule has 0 aliphatic heterocycles. The molecule has 0 radical (unpaired) electrons. The Labute approximate surface area is 84.5 Å². The van der Waals surface area contributed by atoms with Gasteiger partial charge in [0.15, 0.2) is 0 Å². The molecule has 5 nitrogen and oxygen atoms in total. The summed E-state index contributed by atoms with van der Waals surface area (Å²) < 4.78 is 6.95. The van der Waals surface area contributed by atoms with E-state index in [1.54, 1.807) is 13.4 Å². The lowest BCUT2D eigenvalue weighted by Crippen LogP contribution is -2.24. The lowest BCUT2D eigenvalue weighted by molar-refractivity contribution is 0.158. The monoisotopic (exact) mass is 198 g/mol. The summed E-state index contributed by atoms with van der Waals surface area (Å²) in [5, 5.41) is 11.1. The van der Waals surface area contributed by atoms with Crippen molar-refractivity contribution in [3.63, 3.8) is 0 Å². The minimum atomic E-state index is 0.522. The molecule has 0 saturated heterocycles. The van der Waals surface area contributed by atoms with Gasteiger partial charge in [0.1, 0.15) is 12.2 Å². The van der Waals surface area contributed by atoms with Crippen LogP contribution in [-0.2, 0) is 18.3 Å². The molecule has 0 bridgehead atoms. The minimum absolute atomic E-state index is 0.522. The second kappa shape index (κ2) is 5.72. The summed E-state index contributed by atoms with van der Waals surface area (Å²) in [7, 11) is 3.66. The normalized spacial score (nSPS) is 13.1. The van der Waals surface area contributed by atoms with E-state index in [0.29, 0.717) is 5.92 Å². The van der Waals surface area contributed by atoms with Gasteiger partial charge in [0.2, 0.25) is 0 Å². The molecule has 80 valence electrons. The molecule has 1 aromatic rings. The molecule has 1 atom stereocenters. The Balaban J connectivity index is 2.19. The third-order valence-corrected chi connectivity index (χ3v) is 2.03. The van der Waals surface area contributed by atoms with Gasteiger partial charge in [-0.05, 0) is 5.92 Å². The first-order valence-electron chi connectivity index (χ1n) is 4.76. The van der Waals surface area contributed by atoms with Crippen molar-refractivity contribution < 1.29 is 4.74 Å². The van der Waals surface area contributed by atoms with Crippen LogP contribution in [-0.4, -0.2) is 35.0 Å². The number of nitrogens with zero attached hydrogens (tertiary/aromatic N) is 3. The van der Waals surface area contributed by atoms with Gasteiger partial charge < -0.3 is 14.6 Å². The predicted octanol–water partition coefficient (Wildman–Crippen LogP) is 0.187. The molecule has 0 aliphatic rings. The second-order valence-corrected chi connectivity index (χ2v) is 3.55. The zero-order valence-corrected chi connectivity index (χ0v) is 9.03. The minimum Gasteiger partial charge on any atom is -0.384 e. The Morgan fingerprint density at radius 3 is 3.00 bits per heavy atom. The Morgan fingerprint density at radius 1 is 1.64 bits per heavy atom. The fourth-order valence-electron chi connectivity index (χ4n) is 1.24. The van der Waals surface area contributed by atoms with Crippen LogP contribution < -0.4 is 5.32 Å². The van der Waals surface area contributed by atoms with E-state index >= 15 is 0 Å². The molecule has 0 aromatic carbocycles. The summed E-state index contributed by atoms with van der Waals surface area (Å²) in [4.78, 5) is 0. The van der Waals surface area contributed by atoms with Gasteiger partial charge in [-0.1, -0.05) is 6.92 Å². The number of nitrogens with one attached hydrogen (secondary N) is 1. The molecule has 0 saturated carbocycles. The summed E-state index contributed by atoms with van der Waals surface area (Å²) in [6.07, 6.45) is 1.70. The molecule has 1 rings (SSSR count). The van der Waals surface area contributed by atoms with Crippen LogP contribution in [0, 0.1) is 5.92 Å². The first-order chi connectivity index (χ1) is 6.74. The number of ether oxygens (including phenoxy) is 1. The second-order valence-electron chi connectivity index (χ2n) is 3.55. The van der Waals surface area contributed by atoms with E-state index < -0.39 is 0 Å². The van der Waals surface area contributed by atoms with Gasteiger partial charge in [-0.2, -0.15) is 0 Å². The van der Waals surface area contributed by atoms with Gasteiger partial charge in [-0.15, -0.1) is 10.2 Å². The summed E-state index contributed by atoms with van der Waals surface area (Å²) in [5.74, 6) is 1.47. The van der Waals surface area contributed by atoms with E-state index in [0.717, 1.165) is 25.5 Å². The van der Waals surface area contributed by atoms with E-state index in [9.17, 15) is 0 Å². The molecule has 5 heteroatoms. The first kappa shape index (κ1) is 11.1. The number of hydrogen-bond donors (Lipinski definition) is 1. The van der Waals surface area contributed by atoms with Crippen molar-refractivity contribution in [1.29, 1.82) is 0 Å². The average molecular weight is 198 g/mol. The highest BCUT2D eigenvalue weighted by molar-refractivity contribution is 4.82. The van der Waals surface area contributed by atoms with Crippen molar-refractivity contribution >= 4 is 0 Å². The summed E-state index contributed by atoms with van der Waals surface area (Å²) >= 11 is 0. The maximum Gasteiger partial charge on any atom is 0.146 e. The fraction of sp³-hybridized carbons (Fsp3) is 0.778. The number of rotatable bonds is 6. The van der Waals surface area contributed by atoms with Gasteiger partial charge in [0.25, 0.3) is 0 Å². The van der Waals surface area contributed by atoms with Crippen LogP contribution in [0.1, 0.15) is 12.7 Å². The molecule has 0 fully saturated rings. The summed E-state index contributed by atoms with van der Waals surface area (Å²) in [6.45, 7) is 4.62. The Kier molecular flexibility index (Phi) is 4.55. The zero-order valence-electron chi connectivity index (χ0n) is 9.03. The molecular formula is C9H18N4O. The lowest BCUT2D eigenvalue weighted by Gasteiger charge is -2.10. The molecule has 0 aliphatic carbocycles. The van der Waals surface area contributed by atoms with Crippen molar-refractivity contribution in [2.24, 2.45) is 13.0 Å². The Hall–Kier alpha value is -0.940. The summed E-state index contributed by atoms with van der Waals surface area (Å²) in [5.41, 5.74) is 0. The van der Waals surface area contributed by atoms with E-state index in [-0.39, 0.29) is 0 Å². The van der Waals surface area contributed by atoms with E-state index in [2.05, 4.69) is 22.4 Å². The van der Waals surface area contributed by atoms with Crippen molar-refractivity contribution in [2.45, 2.75) is 13.5 Å². The van der Waals surface area contributed by atoms with Gasteiger partial charge in [0.05, 0.1) is 6.54 Å². The van der Waals surface area contributed by atoms with Crippen LogP contribution in [0.2, 0.25) is 0 Å². The predicted molar refractivity (Wildman–Crippen MR) is 53.7 cm³/mol. The molecule has 0 amide bonds. The van der Waals surface area contributed by atoms with E-state index in [1.165, 1.54) is 0 Å². The van der Waals surface area contributed by atoms with Crippen molar-refractivity contribution in [2.75, 3.05) is 20.3 Å². The van der Waals surface area contributed by atoms with Crippen LogP contribution in [0.5, 0.6) is 0 Å². The summed E-state index contributed by atoms with van der Waals surface area (Å²) in [6, 6.07) is 0. The van der Waals surface area contributed by atoms with E-state index in [4.69, 9.17) is 4.74 Å². The lowest BCUT2D eigenvalue weighted by atomic mass is 10.2.